The highest BCUT2D eigenvalue weighted by Gasteiger charge is 2.27. The highest BCUT2D eigenvalue weighted by Crippen LogP contribution is 2.12. The quantitative estimate of drug-likeness (QED) is 0.677. The third kappa shape index (κ3) is 4.54. The zero-order valence-electron chi connectivity index (χ0n) is 8.12. The van der Waals surface area contributed by atoms with E-state index in [1.165, 1.54) is 0 Å². The highest BCUT2D eigenvalue weighted by molar-refractivity contribution is 7.90. The van der Waals surface area contributed by atoms with E-state index in [1.54, 1.807) is 20.8 Å². The van der Waals surface area contributed by atoms with E-state index >= 15 is 0 Å². The normalized spacial score (nSPS) is 12.8. The lowest BCUT2D eigenvalue weighted by Crippen LogP contribution is -2.40. The summed E-state index contributed by atoms with van der Waals surface area (Å²) in [7, 11) is -3.26. The van der Waals surface area contributed by atoms with Crippen LogP contribution in [-0.4, -0.2) is 24.7 Å². The van der Waals surface area contributed by atoms with E-state index < -0.39 is 14.8 Å². The molecule has 0 rings (SSSR count). The first-order valence-electron chi connectivity index (χ1n) is 3.94. The van der Waals surface area contributed by atoms with Crippen LogP contribution in [-0.2, 0) is 10.0 Å². The molecule has 0 bridgehead atoms. The molecule has 0 spiro atoms. The SMILES string of the molecule is CC(C)(C)S(=O)(=O)NCCC(N)=S. The third-order valence-corrected chi connectivity index (χ3v) is 3.87. The largest absolute Gasteiger partial charge is 0.393 e. The van der Waals surface area contributed by atoms with E-state index in [0.29, 0.717) is 11.4 Å². The Balaban J connectivity index is 4.15. The van der Waals surface area contributed by atoms with Crippen molar-refractivity contribution in [1.82, 2.24) is 4.72 Å². The number of hydrogen-bond acceptors (Lipinski definition) is 3. The number of hydrogen-bond donors (Lipinski definition) is 2. The minimum Gasteiger partial charge on any atom is -0.393 e. The second-order valence-electron chi connectivity index (χ2n) is 3.73. The average molecular weight is 224 g/mol. The molecule has 0 aromatic carbocycles. The van der Waals surface area contributed by atoms with Crippen molar-refractivity contribution < 1.29 is 8.42 Å². The van der Waals surface area contributed by atoms with Gasteiger partial charge in [0.25, 0.3) is 0 Å². The lowest BCUT2D eigenvalue weighted by atomic mass is 10.3. The maximum atomic E-state index is 11.4. The van der Waals surface area contributed by atoms with Gasteiger partial charge in [0.15, 0.2) is 0 Å². The third-order valence-electron chi connectivity index (χ3n) is 1.47. The van der Waals surface area contributed by atoms with Gasteiger partial charge in [-0.2, -0.15) is 0 Å². The van der Waals surface area contributed by atoms with Crippen molar-refractivity contribution in [3.05, 3.63) is 0 Å². The molecule has 0 saturated carbocycles. The summed E-state index contributed by atoms with van der Waals surface area (Å²) in [6.45, 7) is 5.18. The summed E-state index contributed by atoms with van der Waals surface area (Å²) < 4.78 is 24.5. The second-order valence-corrected chi connectivity index (χ2v) is 6.77. The molecule has 0 heterocycles. The molecule has 0 aromatic heterocycles. The molecule has 6 heteroatoms. The number of rotatable bonds is 4. The molecule has 4 nitrogen and oxygen atoms in total. The van der Waals surface area contributed by atoms with Crippen LogP contribution in [0, 0.1) is 0 Å². The first-order valence-corrected chi connectivity index (χ1v) is 5.83. The molecule has 0 unspecified atom stereocenters. The van der Waals surface area contributed by atoms with Crippen molar-refractivity contribution in [3.63, 3.8) is 0 Å². The lowest BCUT2D eigenvalue weighted by Gasteiger charge is -2.19. The van der Waals surface area contributed by atoms with Crippen LogP contribution in [0.5, 0.6) is 0 Å². The smallest absolute Gasteiger partial charge is 0.216 e. The van der Waals surface area contributed by atoms with Crippen LogP contribution >= 0.6 is 12.2 Å². The molecule has 78 valence electrons. The van der Waals surface area contributed by atoms with Gasteiger partial charge >= 0.3 is 0 Å². The van der Waals surface area contributed by atoms with Crippen molar-refractivity contribution >= 4 is 27.2 Å². The van der Waals surface area contributed by atoms with E-state index in [1.807, 2.05) is 0 Å². The van der Waals surface area contributed by atoms with Crippen LogP contribution in [0.4, 0.5) is 0 Å². The van der Waals surface area contributed by atoms with Gasteiger partial charge in [0, 0.05) is 13.0 Å². The molecule has 0 aliphatic rings. The molecule has 0 saturated heterocycles. The van der Waals surface area contributed by atoms with Gasteiger partial charge in [-0.3, -0.25) is 0 Å². The molecule has 0 fully saturated rings. The molecule has 0 atom stereocenters. The summed E-state index contributed by atoms with van der Waals surface area (Å²) in [4.78, 5) is 0.316. The summed E-state index contributed by atoms with van der Waals surface area (Å²) in [6, 6.07) is 0. The first-order chi connectivity index (χ1) is 5.67. The molecular weight excluding hydrogens is 208 g/mol. The molecule has 3 N–H and O–H groups in total. The van der Waals surface area contributed by atoms with Gasteiger partial charge in [-0.25, -0.2) is 13.1 Å². The fourth-order valence-corrected chi connectivity index (χ4v) is 1.43. The van der Waals surface area contributed by atoms with Crippen molar-refractivity contribution in [3.8, 4) is 0 Å². The molecule has 0 aliphatic carbocycles. The fraction of sp³-hybridized carbons (Fsp3) is 0.857. The second kappa shape index (κ2) is 4.34. The Morgan fingerprint density at radius 3 is 2.23 bits per heavy atom. The van der Waals surface area contributed by atoms with Crippen molar-refractivity contribution in [1.29, 1.82) is 0 Å². The minimum absolute atomic E-state index is 0.273. The summed E-state index contributed by atoms with van der Waals surface area (Å²) in [5, 5.41) is 0. The maximum Gasteiger partial charge on any atom is 0.216 e. The van der Waals surface area contributed by atoms with Crippen LogP contribution in [0.2, 0.25) is 0 Å². The van der Waals surface area contributed by atoms with E-state index in [0.717, 1.165) is 0 Å². The van der Waals surface area contributed by atoms with Gasteiger partial charge in [0.05, 0.1) is 9.74 Å². The average Bonchev–Trinajstić information content (AvgIpc) is 1.82. The molecule has 0 aromatic rings. The van der Waals surface area contributed by atoms with Gasteiger partial charge in [-0.15, -0.1) is 0 Å². The minimum atomic E-state index is -3.26. The maximum absolute atomic E-state index is 11.4. The summed E-state index contributed by atoms with van der Waals surface area (Å²) in [6.07, 6.45) is 0.393. The molecule has 13 heavy (non-hydrogen) atoms. The number of nitrogens with one attached hydrogen (secondary N) is 1. The van der Waals surface area contributed by atoms with Gasteiger partial charge in [-0.1, -0.05) is 12.2 Å². The van der Waals surface area contributed by atoms with Gasteiger partial charge in [0.2, 0.25) is 10.0 Å². The van der Waals surface area contributed by atoms with E-state index in [2.05, 4.69) is 16.9 Å². The molecule has 0 amide bonds. The molecule has 0 radical (unpaired) electrons. The topological polar surface area (TPSA) is 72.2 Å². The van der Waals surface area contributed by atoms with Crippen LogP contribution in [0.3, 0.4) is 0 Å². The van der Waals surface area contributed by atoms with Gasteiger partial charge in [-0.05, 0) is 20.8 Å². The Morgan fingerprint density at radius 2 is 1.92 bits per heavy atom. The standard InChI is InChI=1S/C7H16N2O2S2/c1-7(2,3)13(10,11)9-5-4-6(8)12/h9H,4-5H2,1-3H3,(H2,8,12). The van der Waals surface area contributed by atoms with Crippen LogP contribution in [0.25, 0.3) is 0 Å². The zero-order chi connectivity index (χ0) is 10.7. The van der Waals surface area contributed by atoms with E-state index in [4.69, 9.17) is 5.73 Å². The predicted molar refractivity (Wildman–Crippen MR) is 58.1 cm³/mol. The Bertz CT molecular complexity index is 277. The molecular formula is C7H16N2O2S2. The molecule has 0 aliphatic heterocycles. The van der Waals surface area contributed by atoms with E-state index in [-0.39, 0.29) is 6.54 Å². The summed E-state index contributed by atoms with van der Waals surface area (Å²) in [5.74, 6) is 0. The Hall–Kier alpha value is -0.200. The van der Waals surface area contributed by atoms with E-state index in [9.17, 15) is 8.42 Å². The lowest BCUT2D eigenvalue weighted by molar-refractivity contribution is 0.546. The first kappa shape index (κ1) is 12.8. The zero-order valence-corrected chi connectivity index (χ0v) is 9.76. The van der Waals surface area contributed by atoms with Crippen molar-refractivity contribution in [2.24, 2.45) is 5.73 Å². The number of nitrogens with two attached hydrogens (primary N) is 1. The predicted octanol–water partition coefficient (Wildman–Crippen LogP) is 0.380. The van der Waals surface area contributed by atoms with Gasteiger partial charge in [0.1, 0.15) is 0 Å². The Kier molecular flexibility index (Phi) is 4.28. The Labute approximate surface area is 84.9 Å². The van der Waals surface area contributed by atoms with Crippen LogP contribution in [0.1, 0.15) is 27.2 Å². The Morgan fingerprint density at radius 1 is 1.46 bits per heavy atom. The summed E-state index contributed by atoms with van der Waals surface area (Å²) >= 11 is 4.62. The van der Waals surface area contributed by atoms with Crippen molar-refractivity contribution in [2.45, 2.75) is 31.9 Å². The van der Waals surface area contributed by atoms with Crippen LogP contribution < -0.4 is 10.5 Å². The number of sulfonamides is 1. The highest BCUT2D eigenvalue weighted by atomic mass is 32.2. The fourth-order valence-electron chi connectivity index (χ4n) is 0.525. The van der Waals surface area contributed by atoms with Crippen molar-refractivity contribution in [2.75, 3.05) is 6.54 Å². The number of thiocarbonyl (C=S) groups is 1. The summed E-state index contributed by atoms with van der Waals surface area (Å²) in [5.41, 5.74) is 5.23. The monoisotopic (exact) mass is 224 g/mol. The van der Waals surface area contributed by atoms with Gasteiger partial charge < -0.3 is 5.73 Å². The van der Waals surface area contributed by atoms with Crippen LogP contribution in [0.15, 0.2) is 0 Å².